The molecule has 0 amide bonds. The summed E-state index contributed by atoms with van der Waals surface area (Å²) in [6.07, 6.45) is 2.62. The van der Waals surface area contributed by atoms with Crippen LogP contribution in [0.15, 0.2) is 30.5 Å². The number of hydrogen-bond acceptors (Lipinski definition) is 4. The van der Waals surface area contributed by atoms with E-state index in [4.69, 9.17) is 11.1 Å². The van der Waals surface area contributed by atoms with E-state index in [0.29, 0.717) is 5.56 Å². The summed E-state index contributed by atoms with van der Waals surface area (Å²) in [5, 5.41) is 7.78. The van der Waals surface area contributed by atoms with E-state index in [-0.39, 0.29) is 5.84 Å². The van der Waals surface area contributed by atoms with Gasteiger partial charge < -0.3 is 10.6 Å². The maximum absolute atomic E-state index is 7.78. The second-order valence-corrected chi connectivity index (χ2v) is 5.19. The van der Waals surface area contributed by atoms with Crippen LogP contribution in [-0.4, -0.2) is 29.4 Å². The summed E-state index contributed by atoms with van der Waals surface area (Å²) in [6.45, 7) is 4.68. The number of aryl methyl sites for hydroxylation is 2. The Bertz CT molecular complexity index is 637. The van der Waals surface area contributed by atoms with E-state index in [0.717, 1.165) is 35.7 Å². The SMILES string of the molecule is Cc1cc(C)c(C(=N)N)c(N(C)CCc2ccccn2)n1. The molecular formula is C16H21N5. The van der Waals surface area contributed by atoms with Gasteiger partial charge in [-0.2, -0.15) is 0 Å². The van der Waals surface area contributed by atoms with Crippen LogP contribution in [0.3, 0.4) is 0 Å². The molecule has 0 bridgehead atoms. The topological polar surface area (TPSA) is 78.9 Å². The van der Waals surface area contributed by atoms with Gasteiger partial charge in [0.25, 0.3) is 0 Å². The summed E-state index contributed by atoms with van der Waals surface area (Å²) in [4.78, 5) is 10.9. The molecule has 2 heterocycles. The normalized spacial score (nSPS) is 10.4. The van der Waals surface area contributed by atoms with E-state index in [1.54, 1.807) is 6.20 Å². The zero-order valence-electron chi connectivity index (χ0n) is 12.7. The number of amidine groups is 1. The highest BCUT2D eigenvalue weighted by Crippen LogP contribution is 2.21. The largest absolute Gasteiger partial charge is 0.384 e. The van der Waals surface area contributed by atoms with Crippen LogP contribution in [0.1, 0.15) is 22.5 Å². The highest BCUT2D eigenvalue weighted by Gasteiger charge is 2.15. The lowest BCUT2D eigenvalue weighted by molar-refractivity contribution is 0.834. The van der Waals surface area contributed by atoms with E-state index in [2.05, 4.69) is 9.97 Å². The first kappa shape index (κ1) is 15.0. The van der Waals surface area contributed by atoms with E-state index >= 15 is 0 Å². The minimum absolute atomic E-state index is 0.0553. The first-order valence-corrected chi connectivity index (χ1v) is 6.92. The maximum Gasteiger partial charge on any atom is 0.139 e. The number of nitrogens with one attached hydrogen (secondary N) is 1. The molecule has 0 aliphatic rings. The van der Waals surface area contributed by atoms with Gasteiger partial charge in [0.15, 0.2) is 0 Å². The minimum Gasteiger partial charge on any atom is -0.384 e. The quantitative estimate of drug-likeness (QED) is 0.650. The Morgan fingerprint density at radius 3 is 2.71 bits per heavy atom. The molecule has 0 saturated carbocycles. The Kier molecular flexibility index (Phi) is 4.52. The summed E-state index contributed by atoms with van der Waals surface area (Å²) in [5.74, 6) is 0.815. The van der Waals surface area contributed by atoms with Crippen molar-refractivity contribution in [1.29, 1.82) is 5.41 Å². The van der Waals surface area contributed by atoms with Crippen molar-refractivity contribution in [3.63, 3.8) is 0 Å². The summed E-state index contributed by atoms with van der Waals surface area (Å²) in [7, 11) is 1.97. The lowest BCUT2D eigenvalue weighted by Crippen LogP contribution is -2.27. The number of nitrogens with zero attached hydrogens (tertiary/aromatic N) is 3. The Morgan fingerprint density at radius 1 is 1.33 bits per heavy atom. The van der Waals surface area contributed by atoms with Crippen molar-refractivity contribution >= 4 is 11.7 Å². The van der Waals surface area contributed by atoms with Gasteiger partial charge in [-0.3, -0.25) is 10.4 Å². The molecule has 0 unspecified atom stereocenters. The molecule has 0 aromatic carbocycles. The van der Waals surface area contributed by atoms with Crippen molar-refractivity contribution in [1.82, 2.24) is 9.97 Å². The van der Waals surface area contributed by atoms with Crippen molar-refractivity contribution in [2.45, 2.75) is 20.3 Å². The van der Waals surface area contributed by atoms with Crippen LogP contribution < -0.4 is 10.6 Å². The molecule has 0 radical (unpaired) electrons. The number of anilines is 1. The second kappa shape index (κ2) is 6.35. The Hall–Kier alpha value is -2.43. The molecular weight excluding hydrogens is 262 g/mol. The van der Waals surface area contributed by atoms with Crippen molar-refractivity contribution in [3.8, 4) is 0 Å². The van der Waals surface area contributed by atoms with Gasteiger partial charge in [-0.25, -0.2) is 4.98 Å². The number of rotatable bonds is 5. The van der Waals surface area contributed by atoms with Crippen LogP contribution >= 0.6 is 0 Å². The summed E-state index contributed by atoms with van der Waals surface area (Å²) >= 11 is 0. The third kappa shape index (κ3) is 3.56. The molecule has 2 aromatic heterocycles. The lowest BCUT2D eigenvalue weighted by atomic mass is 10.1. The number of pyridine rings is 2. The summed E-state index contributed by atoms with van der Waals surface area (Å²) < 4.78 is 0. The van der Waals surface area contributed by atoms with Gasteiger partial charge in [-0.15, -0.1) is 0 Å². The molecule has 0 atom stereocenters. The second-order valence-electron chi connectivity index (χ2n) is 5.19. The van der Waals surface area contributed by atoms with Crippen molar-refractivity contribution in [2.24, 2.45) is 5.73 Å². The molecule has 5 heteroatoms. The Balaban J connectivity index is 2.22. The van der Waals surface area contributed by atoms with Crippen LogP contribution in [0.5, 0.6) is 0 Å². The van der Waals surface area contributed by atoms with Crippen molar-refractivity contribution in [2.75, 3.05) is 18.5 Å². The van der Waals surface area contributed by atoms with E-state index in [1.165, 1.54) is 0 Å². The van der Waals surface area contributed by atoms with Crippen LogP contribution in [0.25, 0.3) is 0 Å². The molecule has 21 heavy (non-hydrogen) atoms. The van der Waals surface area contributed by atoms with Gasteiger partial charge in [0.1, 0.15) is 11.7 Å². The van der Waals surface area contributed by atoms with Gasteiger partial charge in [-0.05, 0) is 37.6 Å². The van der Waals surface area contributed by atoms with Crippen molar-refractivity contribution in [3.05, 3.63) is 53.0 Å². The van der Waals surface area contributed by atoms with Gasteiger partial charge in [-0.1, -0.05) is 6.07 Å². The summed E-state index contributed by atoms with van der Waals surface area (Å²) in [6, 6.07) is 7.85. The molecule has 0 fully saturated rings. The molecule has 3 N–H and O–H groups in total. The number of nitrogens with two attached hydrogens (primary N) is 1. The van der Waals surface area contributed by atoms with Crippen LogP contribution in [0.4, 0.5) is 5.82 Å². The number of aromatic nitrogens is 2. The highest BCUT2D eigenvalue weighted by molar-refractivity contribution is 6.01. The number of nitrogen functional groups attached to an aromatic ring is 1. The predicted molar refractivity (Wildman–Crippen MR) is 85.9 cm³/mol. The Labute approximate surface area is 125 Å². The van der Waals surface area contributed by atoms with Gasteiger partial charge in [0.05, 0.1) is 5.56 Å². The molecule has 0 spiro atoms. The minimum atomic E-state index is 0.0553. The maximum atomic E-state index is 7.78. The third-order valence-electron chi connectivity index (χ3n) is 3.39. The van der Waals surface area contributed by atoms with Crippen LogP contribution in [0, 0.1) is 19.3 Å². The van der Waals surface area contributed by atoms with Crippen LogP contribution in [-0.2, 0) is 6.42 Å². The van der Waals surface area contributed by atoms with Gasteiger partial charge in [0.2, 0.25) is 0 Å². The number of hydrogen-bond donors (Lipinski definition) is 2. The zero-order valence-corrected chi connectivity index (χ0v) is 12.7. The smallest absolute Gasteiger partial charge is 0.139 e. The molecule has 2 rings (SSSR count). The zero-order chi connectivity index (χ0) is 15.4. The van der Waals surface area contributed by atoms with Crippen LogP contribution in [0.2, 0.25) is 0 Å². The van der Waals surface area contributed by atoms with E-state index in [9.17, 15) is 0 Å². The van der Waals surface area contributed by atoms with Crippen molar-refractivity contribution < 1.29 is 0 Å². The molecule has 0 saturated heterocycles. The first-order valence-electron chi connectivity index (χ1n) is 6.92. The van der Waals surface area contributed by atoms with E-state index in [1.807, 2.05) is 50.1 Å². The third-order valence-corrected chi connectivity index (χ3v) is 3.39. The lowest BCUT2D eigenvalue weighted by Gasteiger charge is -2.22. The first-order chi connectivity index (χ1) is 9.99. The summed E-state index contributed by atoms with van der Waals surface area (Å²) in [5.41, 5.74) is 9.38. The fourth-order valence-electron chi connectivity index (χ4n) is 2.36. The molecule has 2 aromatic rings. The number of likely N-dealkylation sites (N-methyl/N-ethyl adjacent to an activating group) is 1. The average Bonchev–Trinajstić information content (AvgIpc) is 2.44. The highest BCUT2D eigenvalue weighted by atomic mass is 15.2. The average molecular weight is 283 g/mol. The van der Waals surface area contributed by atoms with Gasteiger partial charge >= 0.3 is 0 Å². The predicted octanol–water partition coefficient (Wildman–Crippen LogP) is 2.06. The monoisotopic (exact) mass is 283 g/mol. The molecule has 0 aliphatic heterocycles. The molecule has 0 aliphatic carbocycles. The molecule has 5 nitrogen and oxygen atoms in total. The fourth-order valence-corrected chi connectivity index (χ4v) is 2.36. The standard InChI is InChI=1S/C16H21N5/c1-11-10-12(2)20-16(14(11)15(17)18)21(3)9-7-13-6-4-5-8-19-13/h4-6,8,10H,7,9H2,1-3H3,(H3,17,18). The van der Waals surface area contributed by atoms with Gasteiger partial charge in [0, 0.05) is 37.6 Å². The fraction of sp³-hybridized carbons (Fsp3) is 0.312. The Morgan fingerprint density at radius 2 is 2.10 bits per heavy atom. The molecule has 110 valence electrons. The van der Waals surface area contributed by atoms with E-state index < -0.39 is 0 Å².